The first kappa shape index (κ1) is 24.3. The van der Waals surface area contributed by atoms with Crippen LogP contribution in [-0.2, 0) is 47.5 Å². The van der Waals surface area contributed by atoms with E-state index in [0.717, 1.165) is 0 Å². The Morgan fingerprint density at radius 2 is 1.35 bits per heavy atom. The van der Waals surface area contributed by atoms with Gasteiger partial charge in [0, 0.05) is 12.8 Å². The van der Waals surface area contributed by atoms with E-state index >= 15 is 0 Å². The molecule has 0 aromatic heterocycles. The summed E-state index contributed by atoms with van der Waals surface area (Å²) in [6.45, 7) is 11.2. The lowest BCUT2D eigenvalue weighted by Gasteiger charge is -2.30. The fourth-order valence-corrected chi connectivity index (χ4v) is 3.70. The maximum Gasteiger partial charge on any atom is 0.366 e. The quantitative estimate of drug-likeness (QED) is 0.503. The van der Waals surface area contributed by atoms with E-state index in [1.165, 1.54) is 6.92 Å². The summed E-state index contributed by atoms with van der Waals surface area (Å²) in [7, 11) is 0. The second-order valence-electron chi connectivity index (χ2n) is 9.16. The summed E-state index contributed by atoms with van der Waals surface area (Å²) in [6, 6.07) is 0. The molecule has 3 rings (SSSR count). The van der Waals surface area contributed by atoms with Crippen LogP contribution in [-0.4, -0.2) is 87.1 Å². The lowest BCUT2D eigenvalue weighted by Crippen LogP contribution is -2.45. The number of fused-ring (bicyclic) bond motifs is 4. The van der Waals surface area contributed by atoms with E-state index in [0.29, 0.717) is 0 Å². The van der Waals surface area contributed by atoms with Gasteiger partial charge in [-0.15, -0.1) is 0 Å². The minimum atomic E-state index is -1.53. The van der Waals surface area contributed by atoms with Gasteiger partial charge in [0.15, 0.2) is 11.4 Å². The normalized spacial score (nSPS) is 39.7. The minimum absolute atomic E-state index is 0.0179. The van der Waals surface area contributed by atoms with Crippen molar-refractivity contribution in [2.45, 2.75) is 77.0 Å². The maximum absolute atomic E-state index is 12.5. The van der Waals surface area contributed by atoms with Crippen LogP contribution in [0.4, 0.5) is 0 Å². The van der Waals surface area contributed by atoms with Crippen molar-refractivity contribution in [3.8, 4) is 0 Å². The Bertz CT molecular complexity index is 663. The van der Waals surface area contributed by atoms with Crippen molar-refractivity contribution < 1.29 is 47.5 Å². The highest BCUT2D eigenvalue weighted by Crippen LogP contribution is 2.39. The van der Waals surface area contributed by atoms with Crippen LogP contribution in [0.5, 0.6) is 0 Å². The molecule has 0 amide bonds. The van der Waals surface area contributed by atoms with Gasteiger partial charge in [-0.25, -0.2) is 9.59 Å². The molecule has 0 aromatic rings. The zero-order valence-corrected chi connectivity index (χ0v) is 19.1. The molecule has 3 aliphatic rings. The molecule has 10 heteroatoms. The van der Waals surface area contributed by atoms with Crippen molar-refractivity contribution in [3.63, 3.8) is 0 Å². The van der Waals surface area contributed by atoms with Crippen LogP contribution in [0.3, 0.4) is 0 Å². The number of hydrogen-bond donors (Lipinski definition) is 0. The third kappa shape index (κ3) is 5.74. The van der Waals surface area contributed by atoms with Gasteiger partial charge in [-0.1, -0.05) is 6.92 Å². The van der Waals surface area contributed by atoms with Crippen LogP contribution in [0.25, 0.3) is 0 Å². The molecular weight excluding hydrogens is 412 g/mol. The predicted octanol–water partition coefficient (Wildman–Crippen LogP) is 1.19. The topological polar surface area (TPSA) is 108 Å². The molecule has 3 fully saturated rings. The number of carbonyl (C=O) groups excluding carboxylic acids is 2. The Kier molecular flexibility index (Phi) is 7.29. The van der Waals surface area contributed by atoms with Crippen LogP contribution < -0.4 is 0 Å². The molecule has 0 spiro atoms. The van der Waals surface area contributed by atoms with E-state index < -0.39 is 47.4 Å². The van der Waals surface area contributed by atoms with Crippen LogP contribution in [0.2, 0.25) is 0 Å². The molecule has 3 saturated heterocycles. The molecule has 3 heterocycles. The molecule has 0 saturated carbocycles. The number of esters is 2. The summed E-state index contributed by atoms with van der Waals surface area (Å²) in [5.74, 6) is -3.66. The second kappa shape index (κ2) is 9.29. The highest BCUT2D eigenvalue weighted by molar-refractivity contribution is 5.78. The Hall–Kier alpha value is -1.30. The number of hydrogen-bond acceptors (Lipinski definition) is 10. The lowest BCUT2D eigenvalue weighted by atomic mass is 9.97. The van der Waals surface area contributed by atoms with Crippen molar-refractivity contribution in [1.82, 2.24) is 0 Å². The molecule has 0 radical (unpaired) electrons. The van der Waals surface area contributed by atoms with Gasteiger partial charge in [0.05, 0.1) is 32.5 Å². The van der Waals surface area contributed by atoms with Crippen LogP contribution in [0.1, 0.15) is 41.5 Å². The Morgan fingerprint density at radius 3 is 2.03 bits per heavy atom. The molecule has 2 bridgehead atoms. The van der Waals surface area contributed by atoms with Gasteiger partial charge in [-0.05, 0) is 27.7 Å². The van der Waals surface area contributed by atoms with Gasteiger partial charge in [0.1, 0.15) is 25.4 Å². The minimum Gasteiger partial charge on any atom is -0.461 e. The molecule has 5 unspecified atom stereocenters. The molecule has 3 aliphatic heterocycles. The standard InChI is InChI=1S/C21H34O10/c1-13-11-27-19(2,3)17(22)25-9-7-24-8-10-26-18(23)21(6)28-12-14(29-21)16-15(13)30-20(4,5)31-16/h13-16H,7-12H2,1-6H3. The highest BCUT2D eigenvalue weighted by atomic mass is 16.8. The number of rotatable bonds is 0. The molecular formula is C21H34O10. The summed E-state index contributed by atoms with van der Waals surface area (Å²) in [5, 5.41) is 0. The van der Waals surface area contributed by atoms with Crippen molar-refractivity contribution >= 4 is 11.9 Å². The third-order valence-electron chi connectivity index (χ3n) is 5.48. The fourth-order valence-electron chi connectivity index (χ4n) is 3.70. The Morgan fingerprint density at radius 1 is 0.742 bits per heavy atom. The lowest BCUT2D eigenvalue weighted by molar-refractivity contribution is -0.212. The van der Waals surface area contributed by atoms with Crippen molar-refractivity contribution in [2.75, 3.05) is 39.6 Å². The molecule has 0 aliphatic carbocycles. The number of carbonyl (C=O) groups is 2. The van der Waals surface area contributed by atoms with Gasteiger partial charge in [-0.3, -0.25) is 0 Å². The molecule has 0 aromatic carbocycles. The van der Waals surface area contributed by atoms with Gasteiger partial charge in [0.25, 0.3) is 5.79 Å². The van der Waals surface area contributed by atoms with Gasteiger partial charge < -0.3 is 37.9 Å². The van der Waals surface area contributed by atoms with E-state index in [4.69, 9.17) is 37.9 Å². The Balaban J connectivity index is 1.77. The Labute approximate surface area is 182 Å². The fraction of sp³-hybridized carbons (Fsp3) is 0.905. The monoisotopic (exact) mass is 446 g/mol. The van der Waals surface area contributed by atoms with Crippen LogP contribution in [0, 0.1) is 5.92 Å². The molecule has 5 atom stereocenters. The SMILES string of the molecule is CC1COC(C)(C)C(=O)OCCOCCOC(=O)C2(C)OCC(O2)C2OC(C)(C)OC12. The smallest absolute Gasteiger partial charge is 0.366 e. The molecule has 0 N–H and O–H groups in total. The average molecular weight is 446 g/mol. The van der Waals surface area contributed by atoms with E-state index in [1.807, 2.05) is 20.8 Å². The molecule has 31 heavy (non-hydrogen) atoms. The summed E-state index contributed by atoms with van der Waals surface area (Å²) < 4.78 is 45.6. The van der Waals surface area contributed by atoms with E-state index in [1.54, 1.807) is 13.8 Å². The summed E-state index contributed by atoms with van der Waals surface area (Å²) in [6.07, 6.45) is -1.44. The van der Waals surface area contributed by atoms with Crippen molar-refractivity contribution in [3.05, 3.63) is 0 Å². The largest absolute Gasteiger partial charge is 0.461 e. The van der Waals surface area contributed by atoms with Gasteiger partial charge in [0.2, 0.25) is 0 Å². The number of cyclic esters (lactones) is 2. The molecule has 10 nitrogen and oxygen atoms in total. The first-order valence-corrected chi connectivity index (χ1v) is 10.7. The summed E-state index contributed by atoms with van der Waals surface area (Å²) in [4.78, 5) is 24.9. The van der Waals surface area contributed by atoms with Crippen LogP contribution in [0.15, 0.2) is 0 Å². The van der Waals surface area contributed by atoms with E-state index in [-0.39, 0.29) is 45.6 Å². The second-order valence-corrected chi connectivity index (χ2v) is 9.16. The van der Waals surface area contributed by atoms with Crippen molar-refractivity contribution in [1.29, 1.82) is 0 Å². The first-order chi connectivity index (χ1) is 14.4. The predicted molar refractivity (Wildman–Crippen MR) is 105 cm³/mol. The maximum atomic E-state index is 12.5. The van der Waals surface area contributed by atoms with E-state index in [2.05, 4.69) is 0 Å². The van der Waals surface area contributed by atoms with Gasteiger partial charge >= 0.3 is 11.9 Å². The zero-order valence-electron chi connectivity index (χ0n) is 19.1. The third-order valence-corrected chi connectivity index (χ3v) is 5.48. The highest BCUT2D eigenvalue weighted by Gasteiger charge is 2.55. The van der Waals surface area contributed by atoms with Crippen molar-refractivity contribution in [2.24, 2.45) is 5.92 Å². The number of ether oxygens (including phenoxy) is 8. The summed E-state index contributed by atoms with van der Waals surface area (Å²) in [5.41, 5.74) is -1.13. The summed E-state index contributed by atoms with van der Waals surface area (Å²) >= 11 is 0. The first-order valence-electron chi connectivity index (χ1n) is 10.7. The zero-order chi connectivity index (χ0) is 22.9. The van der Waals surface area contributed by atoms with Crippen LogP contribution >= 0.6 is 0 Å². The average Bonchev–Trinajstić information content (AvgIpc) is 3.25. The molecule has 178 valence electrons. The van der Waals surface area contributed by atoms with E-state index in [9.17, 15) is 9.59 Å². The van der Waals surface area contributed by atoms with Gasteiger partial charge in [-0.2, -0.15) is 0 Å².